The average molecular weight is 284 g/mol. The molecule has 1 aromatic rings. The van der Waals surface area contributed by atoms with Crippen LogP contribution in [-0.2, 0) is 14.3 Å². The molecule has 0 aromatic heterocycles. The molecule has 3 heteroatoms. The van der Waals surface area contributed by atoms with Crippen molar-refractivity contribution in [2.45, 2.75) is 26.7 Å². The van der Waals surface area contributed by atoms with Gasteiger partial charge in [0.05, 0.1) is 12.2 Å². The number of benzene rings is 1. The second-order valence-corrected chi connectivity index (χ2v) is 5.64. The fourth-order valence-corrected chi connectivity index (χ4v) is 2.25. The third kappa shape index (κ3) is 3.69. The average Bonchev–Trinajstić information content (AvgIpc) is 2.85. The Morgan fingerprint density at radius 3 is 2.67 bits per heavy atom. The number of Topliss-reactive ketones (excluding diaryl/α,β-unsaturated/α-hetero) is 1. The van der Waals surface area contributed by atoms with Crippen molar-refractivity contribution >= 4 is 17.8 Å². The zero-order valence-electron chi connectivity index (χ0n) is 12.6. The van der Waals surface area contributed by atoms with E-state index < -0.39 is 5.97 Å². The minimum absolute atomic E-state index is 0.0494. The summed E-state index contributed by atoms with van der Waals surface area (Å²) in [7, 11) is 0. The number of rotatable bonds is 5. The Bertz CT molecular complexity index is 609. The summed E-state index contributed by atoms with van der Waals surface area (Å²) in [6.45, 7) is 5.63. The van der Waals surface area contributed by atoms with Crippen molar-refractivity contribution < 1.29 is 14.3 Å². The fourth-order valence-electron chi connectivity index (χ4n) is 2.25. The van der Waals surface area contributed by atoms with Crippen molar-refractivity contribution in [3.8, 4) is 0 Å². The van der Waals surface area contributed by atoms with E-state index in [1.807, 2.05) is 50.3 Å². The zero-order chi connectivity index (χ0) is 15.4. The molecule has 3 nitrogen and oxygen atoms in total. The maximum atomic E-state index is 12.1. The van der Waals surface area contributed by atoms with Crippen molar-refractivity contribution in [3.05, 3.63) is 53.1 Å². The summed E-state index contributed by atoms with van der Waals surface area (Å²) in [6, 6.07) is 7.95. The van der Waals surface area contributed by atoms with Crippen LogP contribution in [0.1, 0.15) is 37.8 Å². The monoisotopic (exact) mass is 284 g/mol. The first-order valence-electron chi connectivity index (χ1n) is 7.16. The van der Waals surface area contributed by atoms with E-state index in [0.29, 0.717) is 6.61 Å². The van der Waals surface area contributed by atoms with Crippen LogP contribution >= 0.6 is 0 Å². The molecule has 2 rings (SSSR count). The van der Waals surface area contributed by atoms with Crippen LogP contribution in [0.2, 0.25) is 0 Å². The van der Waals surface area contributed by atoms with Gasteiger partial charge in [0, 0.05) is 5.92 Å². The van der Waals surface area contributed by atoms with Crippen molar-refractivity contribution in [1.29, 1.82) is 0 Å². The third-order valence-corrected chi connectivity index (χ3v) is 3.33. The lowest BCUT2D eigenvalue weighted by Gasteiger charge is -2.11. The lowest BCUT2D eigenvalue weighted by Crippen LogP contribution is -2.17. The number of fused-ring (bicyclic) bond motifs is 1. The molecule has 0 N–H and O–H groups in total. The maximum Gasteiger partial charge on any atom is 0.341 e. The Morgan fingerprint density at radius 1 is 1.29 bits per heavy atom. The molecule has 110 valence electrons. The highest BCUT2D eigenvalue weighted by atomic mass is 16.5. The molecule has 0 bridgehead atoms. The van der Waals surface area contributed by atoms with Gasteiger partial charge in [-0.3, -0.25) is 4.79 Å². The van der Waals surface area contributed by atoms with Gasteiger partial charge in [-0.15, -0.1) is 0 Å². The van der Waals surface area contributed by atoms with Gasteiger partial charge in [-0.1, -0.05) is 56.3 Å². The summed E-state index contributed by atoms with van der Waals surface area (Å²) in [5.41, 5.74) is 2.35. The van der Waals surface area contributed by atoms with E-state index in [-0.39, 0.29) is 23.2 Å². The summed E-state index contributed by atoms with van der Waals surface area (Å²) in [5, 5.41) is 0. The Balaban J connectivity index is 2.22. The molecule has 0 spiro atoms. The van der Waals surface area contributed by atoms with Gasteiger partial charge in [0.15, 0.2) is 5.78 Å². The van der Waals surface area contributed by atoms with Gasteiger partial charge in [0.25, 0.3) is 0 Å². The number of esters is 1. The summed E-state index contributed by atoms with van der Waals surface area (Å²) >= 11 is 0. The van der Waals surface area contributed by atoms with Crippen LogP contribution in [0.15, 0.2) is 42.0 Å². The summed E-state index contributed by atoms with van der Waals surface area (Å²) in [6.07, 6.45) is 5.70. The molecule has 1 atom stereocenters. The first kappa shape index (κ1) is 15.2. The number of ether oxygens (including phenoxy) is 1. The van der Waals surface area contributed by atoms with Gasteiger partial charge >= 0.3 is 5.97 Å². The normalized spacial score (nSPS) is 17.0. The minimum atomic E-state index is -0.533. The van der Waals surface area contributed by atoms with E-state index in [1.54, 1.807) is 6.08 Å². The minimum Gasteiger partial charge on any atom is -0.462 e. The van der Waals surface area contributed by atoms with E-state index >= 15 is 0 Å². The van der Waals surface area contributed by atoms with Crippen LogP contribution in [0.4, 0.5) is 0 Å². The SMILES string of the molecule is CC(=O)C(=CC1C=Cc2ccccc21)C(=O)OCC(C)C. The molecule has 0 aliphatic heterocycles. The highest BCUT2D eigenvalue weighted by Gasteiger charge is 2.21. The van der Waals surface area contributed by atoms with Crippen molar-refractivity contribution in [2.75, 3.05) is 6.61 Å². The van der Waals surface area contributed by atoms with E-state index in [1.165, 1.54) is 6.92 Å². The topological polar surface area (TPSA) is 43.4 Å². The zero-order valence-corrected chi connectivity index (χ0v) is 12.6. The first-order chi connectivity index (χ1) is 9.99. The quantitative estimate of drug-likeness (QED) is 0.360. The number of carbonyl (C=O) groups is 2. The molecular weight excluding hydrogens is 264 g/mol. The number of allylic oxidation sites excluding steroid dienone is 2. The number of hydrogen-bond donors (Lipinski definition) is 0. The standard InChI is InChI=1S/C18H20O3/c1-12(2)11-21-18(20)17(13(3)19)10-15-9-8-14-6-4-5-7-16(14)15/h4-10,12,15H,11H2,1-3H3. The first-order valence-corrected chi connectivity index (χ1v) is 7.16. The summed E-state index contributed by atoms with van der Waals surface area (Å²) in [5.74, 6) is -0.600. The van der Waals surface area contributed by atoms with Gasteiger partial charge in [0.2, 0.25) is 0 Å². The molecule has 0 amide bonds. The van der Waals surface area contributed by atoms with Crippen LogP contribution in [0.3, 0.4) is 0 Å². The molecule has 0 saturated carbocycles. The largest absolute Gasteiger partial charge is 0.462 e. The van der Waals surface area contributed by atoms with Crippen LogP contribution in [0.5, 0.6) is 0 Å². The van der Waals surface area contributed by atoms with E-state index in [9.17, 15) is 9.59 Å². The van der Waals surface area contributed by atoms with Crippen LogP contribution < -0.4 is 0 Å². The maximum absolute atomic E-state index is 12.1. The van der Waals surface area contributed by atoms with E-state index in [0.717, 1.165) is 11.1 Å². The van der Waals surface area contributed by atoms with Crippen molar-refractivity contribution in [2.24, 2.45) is 5.92 Å². The highest BCUT2D eigenvalue weighted by molar-refractivity contribution is 6.16. The second-order valence-electron chi connectivity index (χ2n) is 5.64. The molecule has 1 aliphatic carbocycles. The Labute approximate surface area is 125 Å². The Hall–Kier alpha value is -2.16. The van der Waals surface area contributed by atoms with Crippen LogP contribution in [0.25, 0.3) is 6.08 Å². The lowest BCUT2D eigenvalue weighted by molar-refractivity contribution is -0.141. The molecule has 1 aliphatic rings. The number of ketones is 1. The van der Waals surface area contributed by atoms with E-state index in [4.69, 9.17) is 4.74 Å². The molecular formula is C18H20O3. The third-order valence-electron chi connectivity index (χ3n) is 3.33. The molecule has 0 heterocycles. The summed E-state index contributed by atoms with van der Waals surface area (Å²) in [4.78, 5) is 23.8. The molecule has 1 unspecified atom stereocenters. The van der Waals surface area contributed by atoms with Crippen molar-refractivity contribution in [1.82, 2.24) is 0 Å². The smallest absolute Gasteiger partial charge is 0.341 e. The van der Waals surface area contributed by atoms with Gasteiger partial charge in [-0.25, -0.2) is 4.79 Å². The Morgan fingerprint density at radius 2 is 2.00 bits per heavy atom. The second kappa shape index (κ2) is 6.53. The highest BCUT2D eigenvalue weighted by Crippen LogP contribution is 2.31. The number of hydrogen-bond acceptors (Lipinski definition) is 3. The van der Waals surface area contributed by atoms with E-state index in [2.05, 4.69) is 0 Å². The predicted molar refractivity (Wildman–Crippen MR) is 82.8 cm³/mol. The van der Waals surface area contributed by atoms with Gasteiger partial charge in [0.1, 0.15) is 0 Å². The molecule has 21 heavy (non-hydrogen) atoms. The lowest BCUT2D eigenvalue weighted by atomic mass is 9.97. The molecule has 0 radical (unpaired) electrons. The molecule has 0 fully saturated rings. The van der Waals surface area contributed by atoms with Crippen LogP contribution in [-0.4, -0.2) is 18.4 Å². The predicted octanol–water partition coefficient (Wildman–Crippen LogP) is 3.51. The molecule has 1 aromatic carbocycles. The van der Waals surface area contributed by atoms with Crippen LogP contribution in [0, 0.1) is 5.92 Å². The van der Waals surface area contributed by atoms with Gasteiger partial charge in [-0.2, -0.15) is 0 Å². The fraction of sp³-hybridized carbons (Fsp3) is 0.333. The van der Waals surface area contributed by atoms with Gasteiger partial charge < -0.3 is 4.74 Å². The molecule has 0 saturated heterocycles. The number of carbonyl (C=O) groups excluding carboxylic acids is 2. The van der Waals surface area contributed by atoms with Crippen molar-refractivity contribution in [3.63, 3.8) is 0 Å². The Kier molecular flexibility index (Phi) is 4.73. The summed E-state index contributed by atoms with van der Waals surface area (Å²) < 4.78 is 5.17. The van der Waals surface area contributed by atoms with Gasteiger partial charge in [-0.05, 0) is 24.0 Å².